The highest BCUT2D eigenvalue weighted by molar-refractivity contribution is 5.94. The molecule has 0 saturated carbocycles. The number of amides is 1. The van der Waals surface area contributed by atoms with Crippen molar-refractivity contribution >= 4 is 17.3 Å². The van der Waals surface area contributed by atoms with E-state index in [-0.39, 0.29) is 5.91 Å². The Labute approximate surface area is 96.2 Å². The van der Waals surface area contributed by atoms with Crippen LogP contribution < -0.4 is 10.6 Å². The third kappa shape index (κ3) is 2.18. The Morgan fingerprint density at radius 2 is 2.38 bits per heavy atom. The summed E-state index contributed by atoms with van der Waals surface area (Å²) < 4.78 is 0. The van der Waals surface area contributed by atoms with E-state index in [4.69, 9.17) is 0 Å². The molecule has 0 saturated heterocycles. The molecule has 3 heteroatoms. The van der Waals surface area contributed by atoms with Crippen LogP contribution in [-0.2, 0) is 11.2 Å². The summed E-state index contributed by atoms with van der Waals surface area (Å²) in [5.41, 5.74) is 3.31. The Bertz CT molecular complexity index is 401. The molecule has 0 fully saturated rings. The molecule has 86 valence electrons. The van der Waals surface area contributed by atoms with Crippen LogP contribution in [0, 0.1) is 0 Å². The van der Waals surface area contributed by atoms with Gasteiger partial charge in [-0.2, -0.15) is 0 Å². The third-order valence-electron chi connectivity index (χ3n) is 2.98. The Morgan fingerprint density at radius 3 is 3.12 bits per heavy atom. The molecule has 0 aromatic heterocycles. The van der Waals surface area contributed by atoms with Crippen molar-refractivity contribution in [3.63, 3.8) is 0 Å². The van der Waals surface area contributed by atoms with Gasteiger partial charge in [0.1, 0.15) is 0 Å². The van der Waals surface area contributed by atoms with Crippen LogP contribution in [0.5, 0.6) is 0 Å². The van der Waals surface area contributed by atoms with Crippen molar-refractivity contribution in [1.29, 1.82) is 0 Å². The first-order valence-electron chi connectivity index (χ1n) is 5.89. The number of nitrogens with one attached hydrogen (secondary N) is 2. The highest BCUT2D eigenvalue weighted by Crippen LogP contribution is 2.32. The average molecular weight is 218 g/mol. The number of hydrogen-bond donors (Lipinski definition) is 2. The molecule has 1 aliphatic heterocycles. The largest absolute Gasteiger partial charge is 0.381 e. The van der Waals surface area contributed by atoms with Gasteiger partial charge in [-0.1, -0.05) is 19.1 Å². The topological polar surface area (TPSA) is 41.1 Å². The van der Waals surface area contributed by atoms with Crippen molar-refractivity contribution in [1.82, 2.24) is 0 Å². The van der Waals surface area contributed by atoms with Crippen LogP contribution in [0.2, 0.25) is 0 Å². The molecular weight excluding hydrogens is 200 g/mol. The Kier molecular flexibility index (Phi) is 3.13. The van der Waals surface area contributed by atoms with Crippen molar-refractivity contribution in [2.75, 3.05) is 10.6 Å². The monoisotopic (exact) mass is 218 g/mol. The van der Waals surface area contributed by atoms with E-state index in [0.717, 1.165) is 24.2 Å². The van der Waals surface area contributed by atoms with Gasteiger partial charge >= 0.3 is 0 Å². The van der Waals surface area contributed by atoms with E-state index in [1.165, 1.54) is 5.56 Å². The van der Waals surface area contributed by atoms with Crippen molar-refractivity contribution in [3.8, 4) is 0 Å². The van der Waals surface area contributed by atoms with Crippen LogP contribution in [0.3, 0.4) is 0 Å². The van der Waals surface area contributed by atoms with Gasteiger partial charge in [0.05, 0.1) is 11.4 Å². The average Bonchev–Trinajstić information content (AvgIpc) is 2.29. The lowest BCUT2D eigenvalue weighted by Crippen LogP contribution is -2.23. The first-order valence-corrected chi connectivity index (χ1v) is 5.89. The van der Waals surface area contributed by atoms with E-state index in [1.807, 2.05) is 19.1 Å². The summed E-state index contributed by atoms with van der Waals surface area (Å²) in [6, 6.07) is 6.56. The van der Waals surface area contributed by atoms with E-state index in [9.17, 15) is 4.79 Å². The van der Waals surface area contributed by atoms with Gasteiger partial charge in [-0.3, -0.25) is 4.79 Å². The summed E-state index contributed by atoms with van der Waals surface area (Å²) in [5.74, 6) is 0.0634. The number of carbonyl (C=O) groups excluding carboxylic acids is 1. The van der Waals surface area contributed by atoms with Gasteiger partial charge in [0.15, 0.2) is 0 Å². The molecule has 0 aliphatic carbocycles. The number of benzene rings is 1. The molecule has 0 bridgehead atoms. The van der Waals surface area contributed by atoms with Gasteiger partial charge in [0.25, 0.3) is 0 Å². The van der Waals surface area contributed by atoms with E-state index >= 15 is 0 Å². The molecular formula is C13H18N2O. The smallest absolute Gasteiger partial charge is 0.224 e. The molecule has 1 aromatic rings. The molecule has 2 rings (SSSR count). The highest BCUT2D eigenvalue weighted by atomic mass is 16.1. The Hall–Kier alpha value is -1.51. The van der Waals surface area contributed by atoms with Crippen LogP contribution in [0.1, 0.15) is 32.3 Å². The van der Waals surface area contributed by atoms with Gasteiger partial charge in [0.2, 0.25) is 5.91 Å². The second-order valence-electron chi connectivity index (χ2n) is 4.33. The highest BCUT2D eigenvalue weighted by Gasteiger charge is 2.17. The summed E-state index contributed by atoms with van der Waals surface area (Å²) in [6.45, 7) is 4.03. The molecule has 2 N–H and O–H groups in total. The lowest BCUT2D eigenvalue weighted by Gasteiger charge is -2.26. The fourth-order valence-corrected chi connectivity index (χ4v) is 2.01. The number of fused-ring (bicyclic) bond motifs is 1. The summed E-state index contributed by atoms with van der Waals surface area (Å²) in [6.07, 6.45) is 2.75. The van der Waals surface area contributed by atoms with Gasteiger partial charge < -0.3 is 10.6 Å². The number of carbonyl (C=O) groups is 1. The summed E-state index contributed by atoms with van der Waals surface area (Å²) >= 11 is 0. The molecule has 1 heterocycles. The second kappa shape index (κ2) is 4.56. The number of hydrogen-bond acceptors (Lipinski definition) is 2. The minimum atomic E-state index is 0.0634. The molecule has 3 nitrogen and oxygen atoms in total. The molecule has 1 atom stereocenters. The standard InChI is InChI=1S/C13H18N2O/c1-3-12(16)15-11-6-4-5-10-8-7-9(2)14-13(10)11/h4-6,9,14H,3,7-8H2,1-2H3,(H,15,16). The maximum atomic E-state index is 11.4. The zero-order valence-electron chi connectivity index (χ0n) is 9.84. The van der Waals surface area contributed by atoms with Crippen molar-refractivity contribution < 1.29 is 4.79 Å². The van der Waals surface area contributed by atoms with Gasteiger partial charge in [-0.25, -0.2) is 0 Å². The van der Waals surface area contributed by atoms with E-state index < -0.39 is 0 Å². The normalized spacial score (nSPS) is 18.5. The molecule has 1 amide bonds. The lowest BCUT2D eigenvalue weighted by atomic mass is 9.98. The van der Waals surface area contributed by atoms with Crippen molar-refractivity contribution in [3.05, 3.63) is 23.8 Å². The number of anilines is 2. The molecule has 0 radical (unpaired) electrons. The zero-order valence-corrected chi connectivity index (χ0v) is 9.84. The lowest BCUT2D eigenvalue weighted by molar-refractivity contribution is -0.115. The van der Waals surface area contributed by atoms with Crippen LogP contribution in [0.4, 0.5) is 11.4 Å². The molecule has 1 aromatic carbocycles. The Morgan fingerprint density at radius 1 is 1.56 bits per heavy atom. The molecule has 1 aliphatic rings. The quantitative estimate of drug-likeness (QED) is 0.801. The number of para-hydroxylation sites is 1. The fourth-order valence-electron chi connectivity index (χ4n) is 2.01. The van der Waals surface area contributed by atoms with E-state index in [1.54, 1.807) is 0 Å². The van der Waals surface area contributed by atoms with Gasteiger partial charge in [-0.05, 0) is 31.4 Å². The number of aryl methyl sites for hydroxylation is 1. The molecule has 0 spiro atoms. The first-order chi connectivity index (χ1) is 7.70. The van der Waals surface area contributed by atoms with Crippen LogP contribution in [0.15, 0.2) is 18.2 Å². The van der Waals surface area contributed by atoms with E-state index in [2.05, 4.69) is 23.6 Å². The van der Waals surface area contributed by atoms with Crippen molar-refractivity contribution in [2.24, 2.45) is 0 Å². The van der Waals surface area contributed by atoms with Crippen LogP contribution in [-0.4, -0.2) is 11.9 Å². The maximum Gasteiger partial charge on any atom is 0.224 e. The van der Waals surface area contributed by atoms with E-state index in [0.29, 0.717) is 12.5 Å². The molecule has 16 heavy (non-hydrogen) atoms. The van der Waals surface area contributed by atoms with Gasteiger partial charge in [-0.15, -0.1) is 0 Å². The van der Waals surface area contributed by atoms with Gasteiger partial charge in [0, 0.05) is 12.5 Å². The van der Waals surface area contributed by atoms with Crippen LogP contribution >= 0.6 is 0 Å². The summed E-state index contributed by atoms with van der Waals surface area (Å²) in [7, 11) is 0. The zero-order chi connectivity index (χ0) is 11.5. The minimum absolute atomic E-state index is 0.0634. The SMILES string of the molecule is CCC(=O)Nc1cccc2c1NC(C)CC2. The third-order valence-corrected chi connectivity index (χ3v) is 2.98. The fraction of sp³-hybridized carbons (Fsp3) is 0.462. The summed E-state index contributed by atoms with van der Waals surface area (Å²) in [4.78, 5) is 11.4. The first kappa shape index (κ1) is 11.0. The molecule has 1 unspecified atom stereocenters. The minimum Gasteiger partial charge on any atom is -0.381 e. The second-order valence-corrected chi connectivity index (χ2v) is 4.33. The maximum absolute atomic E-state index is 11.4. The predicted molar refractivity (Wildman–Crippen MR) is 66.8 cm³/mol. The number of rotatable bonds is 2. The van der Waals surface area contributed by atoms with Crippen molar-refractivity contribution in [2.45, 2.75) is 39.2 Å². The van der Waals surface area contributed by atoms with Crippen LogP contribution in [0.25, 0.3) is 0 Å². The Balaban J connectivity index is 2.28. The summed E-state index contributed by atoms with van der Waals surface area (Å²) in [5, 5.41) is 6.38. The predicted octanol–water partition coefficient (Wildman–Crippen LogP) is 2.78.